The van der Waals surface area contributed by atoms with E-state index in [2.05, 4.69) is 5.48 Å². The Morgan fingerprint density at radius 2 is 1.89 bits per heavy atom. The lowest BCUT2D eigenvalue weighted by atomic mass is 10.2. The normalized spacial score (nSPS) is 10.2. The third-order valence-electron chi connectivity index (χ3n) is 2.47. The van der Waals surface area contributed by atoms with E-state index in [1.807, 2.05) is 19.1 Å². The summed E-state index contributed by atoms with van der Waals surface area (Å²) in [4.78, 5) is 4.84. The van der Waals surface area contributed by atoms with Crippen LogP contribution >= 0.6 is 0 Å². The molecule has 0 aromatic heterocycles. The van der Waals surface area contributed by atoms with Gasteiger partial charge in [0, 0.05) is 0 Å². The van der Waals surface area contributed by atoms with Gasteiger partial charge in [-0.15, -0.1) is 0 Å². The summed E-state index contributed by atoms with van der Waals surface area (Å²) < 4.78 is 18.9. The van der Waals surface area contributed by atoms with E-state index >= 15 is 0 Å². The summed E-state index contributed by atoms with van der Waals surface area (Å²) >= 11 is 0. The Morgan fingerprint density at radius 1 is 1.11 bits per heavy atom. The van der Waals surface area contributed by atoms with Crippen LogP contribution in [0, 0.1) is 12.7 Å². The predicted octanol–water partition coefficient (Wildman–Crippen LogP) is 3.90. The molecule has 0 fully saturated rings. The van der Waals surface area contributed by atoms with Gasteiger partial charge in [-0.25, -0.2) is 4.39 Å². The number of para-hydroxylation sites is 1. The van der Waals surface area contributed by atoms with Crippen LogP contribution in [0.3, 0.4) is 0 Å². The zero-order chi connectivity index (χ0) is 13.0. The molecule has 0 aliphatic rings. The molecule has 0 aliphatic heterocycles. The number of aryl methyl sites for hydroxylation is 1. The Morgan fingerprint density at radius 3 is 2.56 bits per heavy atom. The number of anilines is 1. The summed E-state index contributed by atoms with van der Waals surface area (Å²) in [7, 11) is 1.54. The molecular formula is C14H14FNO2. The third kappa shape index (κ3) is 2.78. The maximum Gasteiger partial charge on any atom is 0.165 e. The maximum atomic E-state index is 13.4. The van der Waals surface area contributed by atoms with Gasteiger partial charge in [0.05, 0.1) is 12.8 Å². The number of halogens is 1. The summed E-state index contributed by atoms with van der Waals surface area (Å²) in [6.07, 6.45) is 0. The van der Waals surface area contributed by atoms with Crippen LogP contribution in [0.4, 0.5) is 10.1 Å². The second kappa shape index (κ2) is 5.51. The first-order valence-electron chi connectivity index (χ1n) is 5.52. The molecule has 2 rings (SSSR count). The summed E-state index contributed by atoms with van der Waals surface area (Å²) in [5.41, 5.74) is 4.54. The van der Waals surface area contributed by atoms with Crippen LogP contribution in [0.5, 0.6) is 11.5 Å². The van der Waals surface area contributed by atoms with E-state index in [0.29, 0.717) is 5.75 Å². The van der Waals surface area contributed by atoms with E-state index in [4.69, 9.17) is 9.57 Å². The molecule has 18 heavy (non-hydrogen) atoms. The van der Waals surface area contributed by atoms with Gasteiger partial charge in [0.15, 0.2) is 11.6 Å². The summed E-state index contributed by atoms with van der Waals surface area (Å²) in [5.74, 6) is 0.415. The van der Waals surface area contributed by atoms with Gasteiger partial charge in [-0.3, -0.25) is 10.3 Å². The predicted molar refractivity (Wildman–Crippen MR) is 68.3 cm³/mol. The quantitative estimate of drug-likeness (QED) is 0.831. The van der Waals surface area contributed by atoms with Gasteiger partial charge < -0.3 is 4.74 Å². The van der Waals surface area contributed by atoms with Crippen LogP contribution in [0.25, 0.3) is 0 Å². The Labute approximate surface area is 105 Å². The third-order valence-corrected chi connectivity index (χ3v) is 2.47. The van der Waals surface area contributed by atoms with Crippen molar-refractivity contribution in [2.75, 3.05) is 12.6 Å². The lowest BCUT2D eigenvalue weighted by molar-refractivity contribution is 0.270. The Bertz CT molecular complexity index is 543. The molecular weight excluding hydrogens is 233 g/mol. The van der Waals surface area contributed by atoms with Gasteiger partial charge >= 0.3 is 0 Å². The van der Waals surface area contributed by atoms with Crippen molar-refractivity contribution in [1.29, 1.82) is 0 Å². The highest BCUT2D eigenvalue weighted by atomic mass is 19.1. The number of benzene rings is 2. The number of nitrogens with one attached hydrogen (secondary N) is 1. The molecule has 0 unspecified atom stereocenters. The Balaban J connectivity index is 2.20. The van der Waals surface area contributed by atoms with E-state index in [-0.39, 0.29) is 11.6 Å². The molecule has 2 aromatic rings. The topological polar surface area (TPSA) is 30.5 Å². The monoisotopic (exact) mass is 247 g/mol. The number of hydrogen-bond acceptors (Lipinski definition) is 3. The van der Waals surface area contributed by atoms with Crippen LogP contribution in [-0.2, 0) is 4.84 Å². The van der Waals surface area contributed by atoms with E-state index in [1.54, 1.807) is 31.4 Å². The van der Waals surface area contributed by atoms with Crippen LogP contribution in [0.2, 0.25) is 0 Å². The number of rotatable bonds is 4. The van der Waals surface area contributed by atoms with Crippen molar-refractivity contribution in [2.45, 2.75) is 6.92 Å². The Kier molecular flexibility index (Phi) is 3.79. The molecule has 0 radical (unpaired) electrons. The molecule has 0 saturated heterocycles. The van der Waals surface area contributed by atoms with Crippen LogP contribution in [0.15, 0.2) is 42.5 Å². The molecule has 0 heterocycles. The lowest BCUT2D eigenvalue weighted by Gasteiger charge is -2.10. The van der Waals surface area contributed by atoms with Crippen LogP contribution in [0.1, 0.15) is 5.56 Å². The zero-order valence-corrected chi connectivity index (χ0v) is 10.2. The minimum absolute atomic E-state index is 0.212. The molecule has 4 heteroatoms. The fraction of sp³-hybridized carbons (Fsp3) is 0.143. The number of ether oxygens (including phenoxy) is 1. The van der Waals surface area contributed by atoms with Crippen molar-refractivity contribution >= 4 is 5.69 Å². The molecule has 0 spiro atoms. The molecule has 2 aromatic carbocycles. The molecule has 0 aliphatic carbocycles. The van der Waals surface area contributed by atoms with Crippen molar-refractivity contribution in [3.8, 4) is 11.5 Å². The highest BCUT2D eigenvalue weighted by Crippen LogP contribution is 2.27. The van der Waals surface area contributed by atoms with E-state index < -0.39 is 0 Å². The highest BCUT2D eigenvalue weighted by Gasteiger charge is 2.05. The first kappa shape index (κ1) is 12.4. The van der Waals surface area contributed by atoms with Gasteiger partial charge in [0.25, 0.3) is 0 Å². The van der Waals surface area contributed by atoms with Crippen molar-refractivity contribution in [3.05, 3.63) is 53.8 Å². The smallest absolute Gasteiger partial charge is 0.165 e. The van der Waals surface area contributed by atoms with Gasteiger partial charge in [-0.1, -0.05) is 12.1 Å². The molecule has 0 bridgehead atoms. The van der Waals surface area contributed by atoms with Crippen LogP contribution < -0.4 is 10.2 Å². The van der Waals surface area contributed by atoms with Gasteiger partial charge in [-0.2, -0.15) is 0 Å². The zero-order valence-electron chi connectivity index (χ0n) is 10.2. The average Bonchev–Trinajstić information content (AvgIpc) is 2.36. The second-order valence-corrected chi connectivity index (χ2v) is 3.82. The maximum absolute atomic E-state index is 13.4. The van der Waals surface area contributed by atoms with Gasteiger partial charge in [0.1, 0.15) is 5.75 Å². The van der Waals surface area contributed by atoms with Crippen molar-refractivity contribution in [1.82, 2.24) is 0 Å². The molecule has 0 atom stereocenters. The Hall–Kier alpha value is -2.07. The average molecular weight is 247 g/mol. The second-order valence-electron chi connectivity index (χ2n) is 3.82. The summed E-state index contributed by atoms with van der Waals surface area (Å²) in [5, 5.41) is 0. The standard InChI is InChI=1S/C14H14FNO2/c1-10-9-11(7-8-13(10)16-17-2)18-14-6-4-3-5-12(14)15/h3-9,16H,1-2H3. The SMILES string of the molecule is CONc1ccc(Oc2ccccc2F)cc1C. The van der Waals surface area contributed by atoms with E-state index in [9.17, 15) is 4.39 Å². The molecule has 3 nitrogen and oxygen atoms in total. The fourth-order valence-corrected chi connectivity index (χ4v) is 1.58. The highest BCUT2D eigenvalue weighted by molar-refractivity contribution is 5.52. The first-order valence-corrected chi connectivity index (χ1v) is 5.52. The minimum atomic E-state index is -0.380. The van der Waals surface area contributed by atoms with E-state index in [0.717, 1.165) is 11.3 Å². The molecule has 0 saturated carbocycles. The minimum Gasteiger partial charge on any atom is -0.454 e. The summed E-state index contributed by atoms with van der Waals surface area (Å²) in [6.45, 7) is 1.91. The van der Waals surface area contributed by atoms with Crippen LogP contribution in [-0.4, -0.2) is 7.11 Å². The number of hydrogen-bond donors (Lipinski definition) is 1. The largest absolute Gasteiger partial charge is 0.454 e. The fourth-order valence-electron chi connectivity index (χ4n) is 1.58. The van der Waals surface area contributed by atoms with Gasteiger partial charge in [-0.05, 0) is 42.8 Å². The first-order chi connectivity index (χ1) is 8.70. The molecule has 94 valence electrons. The van der Waals surface area contributed by atoms with Crippen molar-refractivity contribution < 1.29 is 14.0 Å². The van der Waals surface area contributed by atoms with Crippen molar-refractivity contribution in [3.63, 3.8) is 0 Å². The molecule has 0 amide bonds. The summed E-state index contributed by atoms with van der Waals surface area (Å²) in [6, 6.07) is 11.7. The lowest BCUT2D eigenvalue weighted by Crippen LogP contribution is -1.98. The van der Waals surface area contributed by atoms with E-state index in [1.165, 1.54) is 6.07 Å². The molecule has 1 N–H and O–H groups in total. The van der Waals surface area contributed by atoms with Gasteiger partial charge in [0.2, 0.25) is 0 Å². The van der Waals surface area contributed by atoms with Crippen molar-refractivity contribution in [2.24, 2.45) is 0 Å².